The predicted octanol–water partition coefficient (Wildman–Crippen LogP) is 3.09. The molecular formula is C25H35N3O3. The number of likely N-dealkylation sites (tertiary alicyclic amines) is 2. The Labute approximate surface area is 185 Å². The summed E-state index contributed by atoms with van der Waals surface area (Å²) in [7, 11) is 0. The van der Waals surface area contributed by atoms with Gasteiger partial charge in [0, 0.05) is 50.6 Å². The van der Waals surface area contributed by atoms with E-state index in [1.54, 1.807) is 6.08 Å². The zero-order valence-corrected chi connectivity index (χ0v) is 18.8. The molecule has 6 heteroatoms. The van der Waals surface area contributed by atoms with Gasteiger partial charge < -0.3 is 15.1 Å². The molecule has 1 aromatic carbocycles. The Balaban J connectivity index is 1.38. The lowest BCUT2D eigenvalue weighted by Gasteiger charge is -2.35. The summed E-state index contributed by atoms with van der Waals surface area (Å²) in [5.41, 5.74) is 1.00. The molecule has 0 aromatic heterocycles. The van der Waals surface area contributed by atoms with Crippen LogP contribution in [-0.4, -0.2) is 59.7 Å². The highest BCUT2D eigenvalue weighted by Gasteiger charge is 2.29. The van der Waals surface area contributed by atoms with Crippen molar-refractivity contribution in [2.45, 2.75) is 52.0 Å². The van der Waals surface area contributed by atoms with Crippen LogP contribution < -0.4 is 5.32 Å². The first kappa shape index (κ1) is 23.0. The summed E-state index contributed by atoms with van der Waals surface area (Å²) in [6.45, 7) is 6.78. The largest absolute Gasteiger partial charge is 0.353 e. The molecule has 0 radical (unpaired) electrons. The monoisotopic (exact) mass is 425 g/mol. The molecule has 2 heterocycles. The van der Waals surface area contributed by atoms with Crippen molar-refractivity contribution in [1.29, 1.82) is 0 Å². The van der Waals surface area contributed by atoms with E-state index in [2.05, 4.69) is 19.2 Å². The normalized spacial score (nSPS) is 18.5. The Hall–Kier alpha value is -2.63. The molecule has 0 unspecified atom stereocenters. The molecule has 31 heavy (non-hydrogen) atoms. The first-order valence-corrected chi connectivity index (χ1v) is 11.5. The number of piperidine rings is 2. The van der Waals surface area contributed by atoms with Gasteiger partial charge in [0.05, 0.1) is 0 Å². The van der Waals surface area contributed by atoms with E-state index in [1.807, 2.05) is 46.2 Å². The fraction of sp³-hybridized carbons (Fsp3) is 0.560. The van der Waals surface area contributed by atoms with Gasteiger partial charge >= 0.3 is 0 Å². The zero-order valence-electron chi connectivity index (χ0n) is 18.8. The minimum atomic E-state index is -0.0391. The first-order valence-electron chi connectivity index (χ1n) is 11.5. The third kappa shape index (κ3) is 6.94. The SMILES string of the molecule is CC(C)CC(=O)N1CCC(NC(=O)C2CCN(C(=O)/C=C/c3ccccc3)CC2)CC1. The van der Waals surface area contributed by atoms with Gasteiger partial charge in [-0.15, -0.1) is 0 Å². The van der Waals surface area contributed by atoms with Crippen molar-refractivity contribution in [2.24, 2.45) is 11.8 Å². The van der Waals surface area contributed by atoms with E-state index in [1.165, 1.54) is 0 Å². The van der Waals surface area contributed by atoms with Crippen LogP contribution in [0.5, 0.6) is 0 Å². The van der Waals surface area contributed by atoms with Gasteiger partial charge in [-0.1, -0.05) is 44.2 Å². The highest BCUT2D eigenvalue weighted by molar-refractivity contribution is 5.92. The number of benzene rings is 1. The van der Waals surface area contributed by atoms with Crippen molar-refractivity contribution in [3.8, 4) is 0 Å². The maximum absolute atomic E-state index is 12.7. The maximum atomic E-state index is 12.7. The quantitative estimate of drug-likeness (QED) is 0.712. The number of nitrogens with one attached hydrogen (secondary N) is 1. The summed E-state index contributed by atoms with van der Waals surface area (Å²) in [6, 6.07) is 9.91. The summed E-state index contributed by atoms with van der Waals surface area (Å²) in [5, 5.41) is 3.19. The Morgan fingerprint density at radius 3 is 2.19 bits per heavy atom. The van der Waals surface area contributed by atoms with E-state index < -0.39 is 0 Å². The number of carbonyl (C=O) groups is 3. The van der Waals surface area contributed by atoms with E-state index in [4.69, 9.17) is 0 Å². The second kappa shape index (κ2) is 11.1. The van der Waals surface area contributed by atoms with Crippen LogP contribution in [-0.2, 0) is 14.4 Å². The minimum absolute atomic E-state index is 0.00106. The number of rotatable bonds is 6. The average molecular weight is 426 g/mol. The number of nitrogens with zero attached hydrogens (tertiary/aromatic N) is 2. The van der Waals surface area contributed by atoms with Crippen LogP contribution in [0.25, 0.3) is 6.08 Å². The molecule has 2 aliphatic heterocycles. The standard InChI is InChI=1S/C25H35N3O3/c1-19(2)18-24(30)28-16-12-22(13-17-28)26-25(31)21-10-14-27(15-11-21)23(29)9-8-20-6-4-3-5-7-20/h3-9,19,21-22H,10-18H2,1-2H3,(H,26,31)/b9-8+. The van der Waals surface area contributed by atoms with Gasteiger partial charge in [-0.3, -0.25) is 14.4 Å². The Morgan fingerprint density at radius 2 is 1.58 bits per heavy atom. The minimum Gasteiger partial charge on any atom is -0.353 e. The van der Waals surface area contributed by atoms with Crippen molar-refractivity contribution in [3.05, 3.63) is 42.0 Å². The number of carbonyl (C=O) groups excluding carboxylic acids is 3. The molecule has 0 aliphatic carbocycles. The second-order valence-corrected chi connectivity index (χ2v) is 9.11. The van der Waals surface area contributed by atoms with Gasteiger partial charge in [0.1, 0.15) is 0 Å². The smallest absolute Gasteiger partial charge is 0.246 e. The zero-order chi connectivity index (χ0) is 22.2. The summed E-state index contributed by atoms with van der Waals surface area (Å²) in [6.07, 6.45) is 7.07. The van der Waals surface area contributed by atoms with E-state index in [-0.39, 0.29) is 29.7 Å². The number of amides is 3. The van der Waals surface area contributed by atoms with Gasteiger partial charge in [0.2, 0.25) is 17.7 Å². The molecule has 1 aromatic rings. The van der Waals surface area contributed by atoms with Crippen LogP contribution in [0.3, 0.4) is 0 Å². The third-order valence-electron chi connectivity index (χ3n) is 6.17. The highest BCUT2D eigenvalue weighted by atomic mass is 16.2. The van der Waals surface area contributed by atoms with Crippen molar-refractivity contribution >= 4 is 23.8 Å². The summed E-state index contributed by atoms with van der Waals surface area (Å²) in [4.78, 5) is 41.1. The lowest BCUT2D eigenvalue weighted by Crippen LogP contribution is -2.49. The topological polar surface area (TPSA) is 69.7 Å². The Bertz CT molecular complexity index is 774. The van der Waals surface area contributed by atoms with E-state index >= 15 is 0 Å². The fourth-order valence-electron chi connectivity index (χ4n) is 4.27. The van der Waals surface area contributed by atoms with Crippen LogP contribution in [0, 0.1) is 11.8 Å². The molecule has 0 saturated carbocycles. The molecule has 3 amide bonds. The average Bonchev–Trinajstić information content (AvgIpc) is 2.78. The molecule has 6 nitrogen and oxygen atoms in total. The molecule has 168 valence electrons. The van der Waals surface area contributed by atoms with Crippen LogP contribution in [0.4, 0.5) is 0 Å². The maximum Gasteiger partial charge on any atom is 0.246 e. The predicted molar refractivity (Wildman–Crippen MR) is 122 cm³/mol. The van der Waals surface area contributed by atoms with Gasteiger partial charge in [0.15, 0.2) is 0 Å². The second-order valence-electron chi connectivity index (χ2n) is 9.11. The van der Waals surface area contributed by atoms with Crippen LogP contribution >= 0.6 is 0 Å². The molecule has 0 spiro atoms. The Kier molecular flexibility index (Phi) is 8.27. The van der Waals surface area contributed by atoms with Crippen molar-refractivity contribution < 1.29 is 14.4 Å². The molecular weight excluding hydrogens is 390 g/mol. The molecule has 2 aliphatic rings. The number of hydrogen-bond donors (Lipinski definition) is 1. The summed E-state index contributed by atoms with van der Waals surface area (Å²) >= 11 is 0. The lowest BCUT2D eigenvalue weighted by molar-refractivity contribution is -0.134. The van der Waals surface area contributed by atoms with Crippen molar-refractivity contribution in [1.82, 2.24) is 15.1 Å². The first-order chi connectivity index (χ1) is 14.9. The van der Waals surface area contributed by atoms with Gasteiger partial charge in [-0.05, 0) is 43.2 Å². The fourth-order valence-corrected chi connectivity index (χ4v) is 4.27. The van der Waals surface area contributed by atoms with Crippen molar-refractivity contribution in [3.63, 3.8) is 0 Å². The third-order valence-corrected chi connectivity index (χ3v) is 6.17. The van der Waals surface area contributed by atoms with Gasteiger partial charge in [-0.25, -0.2) is 0 Å². The molecule has 2 fully saturated rings. The highest BCUT2D eigenvalue weighted by Crippen LogP contribution is 2.20. The van der Waals surface area contributed by atoms with Gasteiger partial charge in [0.25, 0.3) is 0 Å². The van der Waals surface area contributed by atoms with Crippen LogP contribution in [0.15, 0.2) is 36.4 Å². The Morgan fingerprint density at radius 1 is 0.968 bits per heavy atom. The van der Waals surface area contributed by atoms with E-state index in [0.29, 0.717) is 38.3 Å². The summed E-state index contributed by atoms with van der Waals surface area (Å²) in [5.74, 6) is 0.650. The molecule has 0 bridgehead atoms. The van der Waals surface area contributed by atoms with E-state index in [0.717, 1.165) is 31.5 Å². The van der Waals surface area contributed by atoms with Crippen molar-refractivity contribution in [2.75, 3.05) is 26.2 Å². The molecule has 3 rings (SSSR count). The van der Waals surface area contributed by atoms with Crippen LogP contribution in [0.1, 0.15) is 51.5 Å². The molecule has 1 N–H and O–H groups in total. The number of hydrogen-bond acceptors (Lipinski definition) is 3. The molecule has 0 atom stereocenters. The molecule has 2 saturated heterocycles. The van der Waals surface area contributed by atoms with Crippen LogP contribution in [0.2, 0.25) is 0 Å². The van der Waals surface area contributed by atoms with Gasteiger partial charge in [-0.2, -0.15) is 0 Å². The summed E-state index contributed by atoms with van der Waals surface area (Å²) < 4.78 is 0. The lowest BCUT2D eigenvalue weighted by atomic mass is 9.94. The van der Waals surface area contributed by atoms with E-state index in [9.17, 15) is 14.4 Å².